The highest BCUT2D eigenvalue weighted by Crippen LogP contribution is 2.55. The van der Waals surface area contributed by atoms with Crippen LogP contribution in [0.4, 0.5) is 39.5 Å². The minimum Gasteiger partial charge on any atom is -0.508 e. The standard InChI is InChI=1S/C32H37F9O5/c1-28(21-10-12-22(42)13-11-21)19-46-26-18-23(43)14-15-24(26)25(28)9-7-5-3-2-4-6-8-20(27(44)45)16-17-29(33,34)30(35,36)31(37,38)32(39,40)41/h10-15,18,20,25,42-43H,2-9,16-17,19H2,1H3,(H,44,45). The van der Waals surface area contributed by atoms with Crippen molar-refractivity contribution in [2.24, 2.45) is 5.92 Å². The Balaban J connectivity index is 1.49. The zero-order chi connectivity index (χ0) is 34.6. The predicted octanol–water partition coefficient (Wildman–Crippen LogP) is 9.60. The van der Waals surface area contributed by atoms with Crippen LogP contribution in [0.5, 0.6) is 17.2 Å². The SMILES string of the molecule is CC1(c2ccc(O)cc2)COc2cc(O)ccc2C1CCCCCCCCC(CCC(F)(F)C(F)(F)C(F)(F)C(F)(F)F)C(=O)O. The number of hydrogen-bond acceptors (Lipinski definition) is 4. The highest BCUT2D eigenvalue weighted by atomic mass is 19.4. The number of aromatic hydroxyl groups is 2. The summed E-state index contributed by atoms with van der Waals surface area (Å²) in [5, 5.41) is 29.0. The van der Waals surface area contributed by atoms with Gasteiger partial charge >= 0.3 is 29.9 Å². The molecule has 0 fully saturated rings. The molecule has 0 aromatic heterocycles. The van der Waals surface area contributed by atoms with Gasteiger partial charge in [0.2, 0.25) is 0 Å². The van der Waals surface area contributed by atoms with Crippen molar-refractivity contribution in [2.75, 3.05) is 6.61 Å². The van der Waals surface area contributed by atoms with Gasteiger partial charge in [-0.1, -0.05) is 63.6 Å². The lowest BCUT2D eigenvalue weighted by Gasteiger charge is -2.43. The monoisotopic (exact) mass is 672 g/mol. The first kappa shape index (κ1) is 37.1. The fourth-order valence-electron chi connectivity index (χ4n) is 5.97. The van der Waals surface area contributed by atoms with Crippen LogP contribution < -0.4 is 4.74 Å². The molecule has 0 radical (unpaired) electrons. The maximum atomic E-state index is 13.9. The Morgan fingerprint density at radius 3 is 1.98 bits per heavy atom. The van der Waals surface area contributed by atoms with E-state index in [4.69, 9.17) is 4.74 Å². The average Bonchev–Trinajstić information content (AvgIpc) is 2.96. The van der Waals surface area contributed by atoms with Crippen molar-refractivity contribution in [1.82, 2.24) is 0 Å². The number of carbonyl (C=O) groups is 1. The molecule has 3 rings (SSSR count). The normalized spacial score (nSPS) is 19.7. The number of halogens is 9. The number of rotatable bonds is 16. The minimum absolute atomic E-state index is 0.0132. The van der Waals surface area contributed by atoms with Gasteiger partial charge in [0.15, 0.2) is 0 Å². The van der Waals surface area contributed by atoms with E-state index in [1.807, 2.05) is 18.2 Å². The van der Waals surface area contributed by atoms with Crippen molar-refractivity contribution in [3.63, 3.8) is 0 Å². The van der Waals surface area contributed by atoms with Crippen molar-refractivity contribution in [1.29, 1.82) is 0 Å². The molecule has 2 aromatic carbocycles. The van der Waals surface area contributed by atoms with Crippen LogP contribution in [0.25, 0.3) is 0 Å². The van der Waals surface area contributed by atoms with Gasteiger partial charge in [0.1, 0.15) is 17.2 Å². The second-order valence-corrected chi connectivity index (χ2v) is 12.2. The Hall–Kier alpha value is -3.32. The van der Waals surface area contributed by atoms with E-state index in [0.29, 0.717) is 25.2 Å². The van der Waals surface area contributed by atoms with Gasteiger partial charge in [-0.3, -0.25) is 4.79 Å². The largest absolute Gasteiger partial charge is 0.508 e. The molecule has 0 spiro atoms. The maximum absolute atomic E-state index is 13.9. The molecule has 3 unspecified atom stereocenters. The first-order chi connectivity index (χ1) is 21.2. The van der Waals surface area contributed by atoms with Crippen molar-refractivity contribution in [3.8, 4) is 17.2 Å². The summed E-state index contributed by atoms with van der Waals surface area (Å²) in [6.45, 7) is 2.41. The number of phenols is 2. The first-order valence-electron chi connectivity index (χ1n) is 14.9. The van der Waals surface area contributed by atoms with Crippen LogP contribution in [0.2, 0.25) is 0 Å². The molecule has 0 saturated carbocycles. The van der Waals surface area contributed by atoms with E-state index in [-0.39, 0.29) is 30.3 Å². The Labute approximate surface area is 260 Å². The van der Waals surface area contributed by atoms with Gasteiger partial charge in [0.05, 0.1) is 12.5 Å². The van der Waals surface area contributed by atoms with Crippen LogP contribution in [0, 0.1) is 5.92 Å². The highest BCUT2D eigenvalue weighted by molar-refractivity contribution is 5.69. The smallest absolute Gasteiger partial charge is 0.460 e. The van der Waals surface area contributed by atoms with Crippen LogP contribution >= 0.6 is 0 Å². The lowest BCUT2D eigenvalue weighted by atomic mass is 9.66. The molecule has 3 atom stereocenters. The van der Waals surface area contributed by atoms with E-state index in [9.17, 15) is 59.6 Å². The molecule has 2 aromatic rings. The number of benzene rings is 2. The predicted molar refractivity (Wildman–Crippen MR) is 150 cm³/mol. The zero-order valence-corrected chi connectivity index (χ0v) is 25.0. The van der Waals surface area contributed by atoms with E-state index in [1.54, 1.807) is 24.3 Å². The Bertz CT molecular complexity index is 1310. The third-order valence-electron chi connectivity index (χ3n) is 8.86. The summed E-state index contributed by atoms with van der Waals surface area (Å²) in [4.78, 5) is 11.5. The van der Waals surface area contributed by atoms with Crippen molar-refractivity contribution in [3.05, 3.63) is 53.6 Å². The molecule has 3 N–H and O–H groups in total. The first-order valence-corrected chi connectivity index (χ1v) is 14.9. The van der Waals surface area contributed by atoms with E-state index >= 15 is 0 Å². The Morgan fingerprint density at radius 2 is 1.39 bits per heavy atom. The van der Waals surface area contributed by atoms with Gasteiger partial charge in [-0.25, -0.2) is 0 Å². The third-order valence-corrected chi connectivity index (χ3v) is 8.86. The van der Waals surface area contributed by atoms with Gasteiger partial charge in [-0.05, 0) is 48.6 Å². The van der Waals surface area contributed by atoms with Gasteiger partial charge < -0.3 is 20.1 Å². The second-order valence-electron chi connectivity index (χ2n) is 12.2. The molecule has 14 heteroatoms. The summed E-state index contributed by atoms with van der Waals surface area (Å²) in [5.41, 5.74) is 1.47. The Kier molecular flexibility index (Phi) is 11.5. The number of carboxylic acid groups (broad SMARTS) is 1. The molecule has 0 aliphatic carbocycles. The van der Waals surface area contributed by atoms with E-state index in [0.717, 1.165) is 36.8 Å². The van der Waals surface area contributed by atoms with Crippen LogP contribution in [-0.2, 0) is 10.2 Å². The lowest BCUT2D eigenvalue weighted by Crippen LogP contribution is -2.60. The van der Waals surface area contributed by atoms with E-state index in [1.165, 1.54) is 0 Å². The third kappa shape index (κ3) is 7.96. The topological polar surface area (TPSA) is 87.0 Å². The van der Waals surface area contributed by atoms with Gasteiger partial charge in [0.25, 0.3) is 0 Å². The fourth-order valence-corrected chi connectivity index (χ4v) is 5.97. The number of fused-ring (bicyclic) bond motifs is 1. The minimum atomic E-state index is -7.00. The second kappa shape index (κ2) is 14.2. The molecule has 0 saturated heterocycles. The summed E-state index contributed by atoms with van der Waals surface area (Å²) >= 11 is 0. The lowest BCUT2D eigenvalue weighted by molar-refractivity contribution is -0.396. The van der Waals surface area contributed by atoms with E-state index < -0.39 is 54.1 Å². The number of alkyl halides is 9. The van der Waals surface area contributed by atoms with E-state index in [2.05, 4.69) is 6.92 Å². The van der Waals surface area contributed by atoms with Crippen LogP contribution in [-0.4, -0.2) is 51.8 Å². The number of hydrogen-bond donors (Lipinski definition) is 3. The quantitative estimate of drug-likeness (QED) is 0.122. The fraction of sp³-hybridized carbons (Fsp3) is 0.594. The number of aliphatic carboxylic acids is 1. The van der Waals surface area contributed by atoms with Crippen LogP contribution in [0.3, 0.4) is 0 Å². The zero-order valence-electron chi connectivity index (χ0n) is 25.0. The van der Waals surface area contributed by atoms with Crippen LogP contribution in [0.15, 0.2) is 42.5 Å². The van der Waals surface area contributed by atoms with Gasteiger partial charge in [0, 0.05) is 23.8 Å². The summed E-state index contributed by atoms with van der Waals surface area (Å²) in [5.74, 6) is -22.0. The summed E-state index contributed by atoms with van der Waals surface area (Å²) in [6.07, 6.45) is -6.14. The molecule has 5 nitrogen and oxygen atoms in total. The molecule has 0 bridgehead atoms. The number of unbranched alkanes of at least 4 members (excludes halogenated alkanes) is 5. The maximum Gasteiger partial charge on any atom is 0.460 e. The number of carboxylic acids is 1. The average molecular weight is 673 g/mol. The van der Waals surface area contributed by atoms with Crippen molar-refractivity contribution < 1.29 is 64.4 Å². The Morgan fingerprint density at radius 1 is 0.826 bits per heavy atom. The molecular formula is C32H37F9O5. The van der Waals surface area contributed by atoms with Gasteiger partial charge in [-0.2, -0.15) is 39.5 Å². The molecule has 0 amide bonds. The number of phenolic OH excluding ortho intramolecular Hbond substituents is 2. The van der Waals surface area contributed by atoms with Crippen molar-refractivity contribution in [2.45, 2.75) is 106 Å². The molecule has 46 heavy (non-hydrogen) atoms. The molecule has 258 valence electrons. The van der Waals surface area contributed by atoms with Crippen LogP contribution in [0.1, 0.15) is 88.2 Å². The molecule has 1 aliphatic heterocycles. The molecule has 1 aliphatic rings. The van der Waals surface area contributed by atoms with Crippen molar-refractivity contribution >= 4 is 5.97 Å². The highest BCUT2D eigenvalue weighted by Gasteiger charge is 2.81. The van der Waals surface area contributed by atoms with Gasteiger partial charge in [-0.15, -0.1) is 0 Å². The molecule has 1 heterocycles. The molecular weight excluding hydrogens is 635 g/mol. The summed E-state index contributed by atoms with van der Waals surface area (Å²) in [7, 11) is 0. The number of ether oxygens (including phenoxy) is 1. The summed E-state index contributed by atoms with van der Waals surface area (Å²) < 4.78 is 124. The summed E-state index contributed by atoms with van der Waals surface area (Å²) in [6, 6.07) is 11.9.